The maximum atomic E-state index is 10.8. The normalized spacial score (nSPS) is 9.18. The molecule has 1 N–H and O–H groups in total. The van der Waals surface area contributed by atoms with Crippen molar-refractivity contribution in [1.82, 2.24) is 9.97 Å². The first kappa shape index (κ1) is 7.46. The lowest BCUT2D eigenvalue weighted by molar-refractivity contribution is 0.0592. The van der Waals surface area contributed by atoms with Gasteiger partial charge in [-0.2, -0.15) is 0 Å². The van der Waals surface area contributed by atoms with Crippen LogP contribution in [0.1, 0.15) is 22.4 Å². The van der Waals surface area contributed by atoms with Crippen molar-refractivity contribution >= 4 is 12.3 Å². The van der Waals surface area contributed by atoms with E-state index >= 15 is 0 Å². The highest BCUT2D eigenvalue weighted by Crippen LogP contribution is 2.00. The van der Waals surface area contributed by atoms with Crippen molar-refractivity contribution in [3.05, 3.63) is 17.7 Å². The summed E-state index contributed by atoms with van der Waals surface area (Å²) in [7, 11) is 1.23. The Morgan fingerprint density at radius 1 is 1.91 bits per heavy atom. The molecule has 1 heterocycles. The number of nitrogens with zero attached hydrogens (tertiary/aromatic N) is 1. The summed E-state index contributed by atoms with van der Waals surface area (Å²) < 4.78 is 4.36. The van der Waals surface area contributed by atoms with Crippen molar-refractivity contribution in [2.75, 3.05) is 7.11 Å². The number of aldehydes is 1. The Bertz CT molecular complexity index is 284. The third kappa shape index (κ3) is 1.26. The largest absolute Gasteiger partial charge is 0.464 e. The van der Waals surface area contributed by atoms with Gasteiger partial charge in [-0.1, -0.05) is 0 Å². The molecule has 1 aromatic rings. The Balaban J connectivity index is 0.00000121. The summed E-state index contributed by atoms with van der Waals surface area (Å²) in [5, 5.41) is 0. The predicted molar refractivity (Wildman–Crippen MR) is 37.4 cm³/mol. The maximum absolute atomic E-state index is 10.8. The van der Waals surface area contributed by atoms with Crippen molar-refractivity contribution in [2.24, 2.45) is 0 Å². The molecule has 0 amide bonds. The smallest absolute Gasteiger partial charge is 0.359 e. The van der Waals surface area contributed by atoms with Gasteiger partial charge in [0.2, 0.25) is 0 Å². The molecule has 0 aliphatic heterocycles. The molecule has 0 bridgehead atoms. The van der Waals surface area contributed by atoms with Crippen LogP contribution in [-0.2, 0) is 4.74 Å². The molecule has 0 saturated carbocycles. The summed E-state index contributed by atoms with van der Waals surface area (Å²) in [6.07, 6.45) is 1.77. The first-order valence-corrected chi connectivity index (χ1v) is 2.86. The highest BCUT2D eigenvalue weighted by atomic mass is 16.5. The number of H-pyrrole nitrogens is 1. The number of imidazole rings is 1. The van der Waals surface area contributed by atoms with E-state index in [9.17, 15) is 9.59 Å². The number of aromatic nitrogens is 2. The topological polar surface area (TPSA) is 72.0 Å². The van der Waals surface area contributed by atoms with Gasteiger partial charge in [0, 0.05) is 1.43 Å². The van der Waals surface area contributed by atoms with E-state index in [0.29, 0.717) is 6.29 Å². The van der Waals surface area contributed by atoms with Gasteiger partial charge in [-0.25, -0.2) is 9.78 Å². The number of carbonyl (C=O) groups excluding carboxylic acids is 2. The van der Waals surface area contributed by atoms with Crippen LogP contribution in [0.2, 0.25) is 0 Å². The van der Waals surface area contributed by atoms with Crippen molar-refractivity contribution in [3.63, 3.8) is 0 Å². The second-order valence-corrected chi connectivity index (χ2v) is 1.77. The zero-order valence-electron chi connectivity index (χ0n) is 5.83. The fourth-order valence-corrected chi connectivity index (χ4v) is 0.653. The van der Waals surface area contributed by atoms with E-state index in [2.05, 4.69) is 14.7 Å². The van der Waals surface area contributed by atoms with Crippen LogP contribution in [0.25, 0.3) is 0 Å². The van der Waals surface area contributed by atoms with E-state index in [-0.39, 0.29) is 12.8 Å². The molecule has 60 valence electrons. The minimum Gasteiger partial charge on any atom is -0.464 e. The van der Waals surface area contributed by atoms with Gasteiger partial charge >= 0.3 is 5.97 Å². The minimum absolute atomic E-state index is 0. The van der Waals surface area contributed by atoms with Gasteiger partial charge in [-0.15, -0.1) is 0 Å². The van der Waals surface area contributed by atoms with Crippen LogP contribution in [0.15, 0.2) is 6.33 Å². The third-order valence-electron chi connectivity index (χ3n) is 1.17. The monoisotopic (exact) mass is 156 g/mol. The number of aromatic amines is 1. The molecule has 0 aliphatic carbocycles. The third-order valence-corrected chi connectivity index (χ3v) is 1.17. The first-order chi connectivity index (χ1) is 5.29. The van der Waals surface area contributed by atoms with Gasteiger partial charge in [-0.05, 0) is 0 Å². The molecule has 0 aromatic carbocycles. The van der Waals surface area contributed by atoms with Gasteiger partial charge in [0.15, 0.2) is 12.0 Å². The van der Waals surface area contributed by atoms with Crippen LogP contribution in [0.3, 0.4) is 0 Å². The number of esters is 1. The molecule has 0 atom stereocenters. The molecule has 5 heteroatoms. The Kier molecular flexibility index (Phi) is 2.00. The number of methoxy groups -OCH3 is 1. The summed E-state index contributed by atoms with van der Waals surface area (Å²) in [4.78, 5) is 27.1. The molecule has 0 spiro atoms. The average Bonchev–Trinajstić information content (AvgIpc) is 2.50. The van der Waals surface area contributed by atoms with E-state index < -0.39 is 5.97 Å². The minimum atomic E-state index is -0.617. The van der Waals surface area contributed by atoms with Gasteiger partial charge in [0.05, 0.1) is 13.4 Å². The van der Waals surface area contributed by atoms with Crippen LogP contribution in [0, 0.1) is 0 Å². The molecular weight excluding hydrogens is 148 g/mol. The van der Waals surface area contributed by atoms with E-state index in [1.807, 2.05) is 0 Å². The molecular formula is C6H8N2O3. The van der Waals surface area contributed by atoms with Gasteiger partial charge in [0.25, 0.3) is 0 Å². The summed E-state index contributed by atoms with van der Waals surface area (Å²) >= 11 is 0. The van der Waals surface area contributed by atoms with E-state index in [0.717, 1.165) is 0 Å². The number of ether oxygens (including phenoxy) is 1. The van der Waals surface area contributed by atoms with Crippen LogP contribution >= 0.6 is 0 Å². The van der Waals surface area contributed by atoms with Gasteiger partial charge in [0.1, 0.15) is 5.69 Å². The van der Waals surface area contributed by atoms with Crippen LogP contribution in [0.5, 0.6) is 0 Å². The molecule has 0 aliphatic rings. The predicted octanol–water partition coefficient (Wildman–Crippen LogP) is 0.255. The first-order valence-electron chi connectivity index (χ1n) is 2.86. The molecule has 1 aromatic heterocycles. The van der Waals surface area contributed by atoms with Crippen molar-refractivity contribution in [3.8, 4) is 0 Å². The lowest BCUT2D eigenvalue weighted by atomic mass is 10.3. The second-order valence-electron chi connectivity index (χ2n) is 1.77. The number of carbonyl (C=O) groups is 2. The second kappa shape index (κ2) is 2.96. The molecule has 0 unspecified atom stereocenters. The highest BCUT2D eigenvalue weighted by Gasteiger charge is 2.13. The Morgan fingerprint density at radius 2 is 2.64 bits per heavy atom. The highest BCUT2D eigenvalue weighted by molar-refractivity contribution is 5.95. The van der Waals surface area contributed by atoms with Crippen LogP contribution in [0.4, 0.5) is 0 Å². The summed E-state index contributed by atoms with van der Waals surface area (Å²) in [5.74, 6) is -0.617. The zero-order chi connectivity index (χ0) is 8.27. The Labute approximate surface area is 63.9 Å². The fourth-order valence-electron chi connectivity index (χ4n) is 0.653. The fraction of sp³-hybridized carbons (Fsp3) is 0.167. The summed E-state index contributed by atoms with van der Waals surface area (Å²) in [6.45, 7) is 0. The SMILES string of the molecule is COC(=O)c1nc[nH]c1C=O.[HH]. The van der Waals surface area contributed by atoms with E-state index in [1.165, 1.54) is 13.4 Å². The van der Waals surface area contributed by atoms with Crippen molar-refractivity contribution in [2.45, 2.75) is 0 Å². The van der Waals surface area contributed by atoms with Gasteiger partial charge < -0.3 is 9.72 Å². The van der Waals surface area contributed by atoms with Crippen LogP contribution < -0.4 is 0 Å². The Morgan fingerprint density at radius 3 is 3.18 bits per heavy atom. The number of rotatable bonds is 2. The van der Waals surface area contributed by atoms with Crippen molar-refractivity contribution < 1.29 is 15.8 Å². The molecule has 0 radical (unpaired) electrons. The number of nitrogens with one attached hydrogen (secondary N) is 1. The standard InChI is InChI=1S/C6H6N2O3.H2/c1-11-6(10)5-4(2-9)7-3-8-5;/h2-3H,1H3,(H,7,8);1H. The molecule has 0 saturated heterocycles. The van der Waals surface area contributed by atoms with Crippen LogP contribution in [-0.4, -0.2) is 29.3 Å². The number of hydrogen-bond acceptors (Lipinski definition) is 4. The molecule has 1 rings (SSSR count). The molecule has 0 fully saturated rings. The number of hydrogen-bond donors (Lipinski definition) is 1. The maximum Gasteiger partial charge on any atom is 0.359 e. The summed E-state index contributed by atoms with van der Waals surface area (Å²) in [6, 6.07) is 0. The zero-order valence-corrected chi connectivity index (χ0v) is 5.83. The summed E-state index contributed by atoms with van der Waals surface area (Å²) in [5.41, 5.74) is 0.152. The van der Waals surface area contributed by atoms with Gasteiger partial charge in [-0.3, -0.25) is 4.79 Å². The van der Waals surface area contributed by atoms with Crippen molar-refractivity contribution in [1.29, 1.82) is 0 Å². The quantitative estimate of drug-likeness (QED) is 0.492. The molecule has 11 heavy (non-hydrogen) atoms. The van der Waals surface area contributed by atoms with E-state index in [4.69, 9.17) is 0 Å². The van der Waals surface area contributed by atoms with E-state index in [1.54, 1.807) is 0 Å². The average molecular weight is 156 g/mol. The lowest BCUT2D eigenvalue weighted by Crippen LogP contribution is -2.04. The molecule has 5 nitrogen and oxygen atoms in total. The lowest BCUT2D eigenvalue weighted by Gasteiger charge is -1.92. The Hall–Kier alpha value is -1.65.